The Hall–Kier alpha value is -3.28. The van der Waals surface area contributed by atoms with Crippen LogP contribution in [0.15, 0.2) is 97.1 Å². The molecule has 0 aliphatic heterocycles. The van der Waals surface area contributed by atoms with Gasteiger partial charge in [-0.3, -0.25) is 0 Å². The van der Waals surface area contributed by atoms with Crippen molar-refractivity contribution in [1.82, 2.24) is 0 Å². The second-order valence-electron chi connectivity index (χ2n) is 8.59. The first-order valence-electron chi connectivity index (χ1n) is 10.9. The van der Waals surface area contributed by atoms with Crippen LogP contribution in [-0.2, 0) is 0 Å². The summed E-state index contributed by atoms with van der Waals surface area (Å²) in [5.74, 6) is 0. The SMILES string of the molecule is NC1c2cccc(c2)C(N)c2cccc(c2)C(N)c2cccc(c2)C(N)c2cccc1c2. The largest absolute Gasteiger partial charge is 0.320 e. The lowest BCUT2D eigenvalue weighted by atomic mass is 9.88. The van der Waals surface area contributed by atoms with Crippen LogP contribution in [0.2, 0.25) is 0 Å². The van der Waals surface area contributed by atoms with Crippen molar-refractivity contribution in [2.75, 3.05) is 0 Å². The molecule has 0 saturated heterocycles. The minimum atomic E-state index is -0.270. The molecule has 0 amide bonds. The summed E-state index contributed by atoms with van der Waals surface area (Å²) < 4.78 is 0. The number of benzene rings is 4. The first-order valence-corrected chi connectivity index (χ1v) is 10.9. The molecule has 4 heteroatoms. The van der Waals surface area contributed by atoms with E-state index in [0.717, 1.165) is 44.5 Å². The lowest BCUT2D eigenvalue weighted by Gasteiger charge is -2.22. The van der Waals surface area contributed by atoms with Gasteiger partial charge in [0.05, 0.1) is 24.2 Å². The number of nitrogens with two attached hydrogens (primary N) is 4. The molecule has 1 aliphatic carbocycles. The molecule has 0 atom stereocenters. The van der Waals surface area contributed by atoms with E-state index in [0.29, 0.717) is 0 Å². The fourth-order valence-electron chi connectivity index (χ4n) is 4.55. The van der Waals surface area contributed by atoms with Gasteiger partial charge in [-0.1, -0.05) is 97.1 Å². The molecule has 0 radical (unpaired) electrons. The second kappa shape index (κ2) is 8.34. The maximum absolute atomic E-state index is 6.69. The van der Waals surface area contributed by atoms with E-state index in [1.165, 1.54) is 0 Å². The van der Waals surface area contributed by atoms with E-state index in [1.54, 1.807) is 0 Å². The third-order valence-electron chi connectivity index (χ3n) is 6.52. The average Bonchev–Trinajstić information content (AvgIpc) is 2.86. The van der Waals surface area contributed by atoms with E-state index in [4.69, 9.17) is 22.9 Å². The Morgan fingerprint density at radius 2 is 0.469 bits per heavy atom. The summed E-state index contributed by atoms with van der Waals surface area (Å²) in [6, 6.07) is 31.8. The third kappa shape index (κ3) is 3.74. The van der Waals surface area contributed by atoms with Crippen LogP contribution in [0, 0.1) is 0 Å². The smallest absolute Gasteiger partial charge is 0.0551 e. The number of hydrogen-bond acceptors (Lipinski definition) is 4. The summed E-state index contributed by atoms with van der Waals surface area (Å²) in [5, 5.41) is 0. The molecule has 4 aromatic carbocycles. The third-order valence-corrected chi connectivity index (χ3v) is 6.52. The second-order valence-corrected chi connectivity index (χ2v) is 8.59. The van der Waals surface area contributed by atoms with E-state index in [-0.39, 0.29) is 24.2 Å². The Labute approximate surface area is 188 Å². The summed E-state index contributed by atoms with van der Waals surface area (Å²) >= 11 is 0. The average molecular weight is 421 g/mol. The van der Waals surface area contributed by atoms with Crippen molar-refractivity contribution >= 4 is 0 Å². The van der Waals surface area contributed by atoms with Gasteiger partial charge in [0.15, 0.2) is 0 Å². The lowest BCUT2D eigenvalue weighted by Crippen LogP contribution is -2.19. The van der Waals surface area contributed by atoms with Gasteiger partial charge >= 0.3 is 0 Å². The molecular formula is C28H28N4. The highest BCUT2D eigenvalue weighted by Gasteiger charge is 2.19. The maximum Gasteiger partial charge on any atom is 0.0551 e. The van der Waals surface area contributed by atoms with E-state index in [2.05, 4.69) is 24.3 Å². The highest BCUT2D eigenvalue weighted by molar-refractivity contribution is 5.44. The molecule has 0 aromatic heterocycles. The van der Waals surface area contributed by atoms with Crippen molar-refractivity contribution in [3.63, 3.8) is 0 Å². The Balaban J connectivity index is 1.72. The van der Waals surface area contributed by atoms with Gasteiger partial charge in [-0.25, -0.2) is 0 Å². The molecule has 5 rings (SSSR count). The molecule has 32 heavy (non-hydrogen) atoms. The number of hydrogen-bond donors (Lipinski definition) is 4. The van der Waals surface area contributed by atoms with Crippen LogP contribution in [0.3, 0.4) is 0 Å². The first-order chi connectivity index (χ1) is 15.5. The first kappa shape index (κ1) is 20.6. The van der Waals surface area contributed by atoms with Gasteiger partial charge in [0, 0.05) is 0 Å². The predicted molar refractivity (Wildman–Crippen MR) is 130 cm³/mol. The summed E-state index contributed by atoms with van der Waals surface area (Å²) in [7, 11) is 0. The lowest BCUT2D eigenvalue weighted by molar-refractivity contribution is 0.810. The van der Waals surface area contributed by atoms with Gasteiger partial charge < -0.3 is 22.9 Å². The summed E-state index contributed by atoms with van der Waals surface area (Å²) in [5.41, 5.74) is 34.9. The van der Waals surface area contributed by atoms with Gasteiger partial charge in [-0.2, -0.15) is 0 Å². The van der Waals surface area contributed by atoms with Crippen LogP contribution < -0.4 is 22.9 Å². The summed E-state index contributed by atoms with van der Waals surface area (Å²) in [6.07, 6.45) is 0. The molecule has 8 bridgehead atoms. The molecule has 0 saturated carbocycles. The Bertz CT molecular complexity index is 991. The predicted octanol–water partition coefficient (Wildman–Crippen LogP) is 4.19. The molecule has 0 heterocycles. The minimum absolute atomic E-state index is 0.270. The molecule has 4 aromatic rings. The van der Waals surface area contributed by atoms with E-state index in [1.807, 2.05) is 72.8 Å². The molecule has 0 spiro atoms. The van der Waals surface area contributed by atoms with E-state index < -0.39 is 0 Å². The molecule has 0 fully saturated rings. The normalized spacial score (nSPS) is 22.4. The molecule has 4 nitrogen and oxygen atoms in total. The van der Waals surface area contributed by atoms with Crippen molar-refractivity contribution in [3.05, 3.63) is 142 Å². The van der Waals surface area contributed by atoms with Crippen molar-refractivity contribution in [3.8, 4) is 0 Å². The number of fused-ring (bicyclic) bond motifs is 8. The van der Waals surface area contributed by atoms with Crippen LogP contribution in [0.4, 0.5) is 0 Å². The zero-order valence-electron chi connectivity index (χ0n) is 17.9. The van der Waals surface area contributed by atoms with Crippen LogP contribution in [0.1, 0.15) is 68.7 Å². The maximum atomic E-state index is 6.69. The summed E-state index contributed by atoms with van der Waals surface area (Å²) in [4.78, 5) is 0. The highest BCUT2D eigenvalue weighted by atomic mass is 14.7. The van der Waals surface area contributed by atoms with Crippen molar-refractivity contribution in [2.45, 2.75) is 24.2 Å². The zero-order valence-corrected chi connectivity index (χ0v) is 17.9. The minimum Gasteiger partial charge on any atom is -0.320 e. The van der Waals surface area contributed by atoms with Gasteiger partial charge in [-0.15, -0.1) is 0 Å². The van der Waals surface area contributed by atoms with Crippen molar-refractivity contribution < 1.29 is 0 Å². The topological polar surface area (TPSA) is 104 Å². The Kier molecular flexibility index (Phi) is 5.37. The van der Waals surface area contributed by atoms with Gasteiger partial charge in [0.2, 0.25) is 0 Å². The van der Waals surface area contributed by atoms with Crippen LogP contribution in [-0.4, -0.2) is 0 Å². The fourth-order valence-corrected chi connectivity index (χ4v) is 4.55. The fraction of sp³-hybridized carbons (Fsp3) is 0.143. The van der Waals surface area contributed by atoms with Crippen LogP contribution in [0.25, 0.3) is 0 Å². The zero-order chi connectivity index (χ0) is 22.2. The van der Waals surface area contributed by atoms with Crippen LogP contribution in [0.5, 0.6) is 0 Å². The van der Waals surface area contributed by atoms with Crippen molar-refractivity contribution in [1.29, 1.82) is 0 Å². The van der Waals surface area contributed by atoms with Crippen LogP contribution >= 0.6 is 0 Å². The van der Waals surface area contributed by atoms with Crippen molar-refractivity contribution in [2.24, 2.45) is 22.9 Å². The molecule has 8 N–H and O–H groups in total. The van der Waals surface area contributed by atoms with Gasteiger partial charge in [-0.05, 0) is 44.5 Å². The number of rotatable bonds is 0. The Morgan fingerprint density at radius 1 is 0.312 bits per heavy atom. The summed E-state index contributed by atoms with van der Waals surface area (Å²) in [6.45, 7) is 0. The molecule has 1 aliphatic rings. The highest BCUT2D eigenvalue weighted by Crippen LogP contribution is 2.31. The quantitative estimate of drug-likeness (QED) is 0.342. The van der Waals surface area contributed by atoms with E-state index in [9.17, 15) is 0 Å². The van der Waals surface area contributed by atoms with E-state index >= 15 is 0 Å². The van der Waals surface area contributed by atoms with Gasteiger partial charge in [0.1, 0.15) is 0 Å². The standard InChI is InChI=1S/C28H28N4/c29-25-17-5-1-6-18(13-17)26(30)20-8-3-10-22(15-20)28(32)24-12-4-11-23(16-24)27(31)21-9-2-7-19(25)14-21/h1-16,25-28H,29-32H2. The molecular weight excluding hydrogens is 392 g/mol. The molecule has 160 valence electrons. The Morgan fingerprint density at radius 3 is 0.625 bits per heavy atom. The van der Waals surface area contributed by atoms with Gasteiger partial charge in [0.25, 0.3) is 0 Å². The molecule has 0 unspecified atom stereocenters. The monoisotopic (exact) mass is 420 g/mol.